The fourth-order valence-electron chi connectivity index (χ4n) is 2.98. The Morgan fingerprint density at radius 3 is 2.46 bits per heavy atom. The van der Waals surface area contributed by atoms with Crippen LogP contribution in [0.1, 0.15) is 24.0 Å². The maximum atomic E-state index is 14.2. The molecule has 1 aliphatic rings. The third kappa shape index (κ3) is 3.94. The van der Waals surface area contributed by atoms with Gasteiger partial charge in [-0.05, 0) is 41.5 Å². The molecular weight excluding hydrogens is 347 g/mol. The fraction of sp³-hybridized carbons (Fsp3) is 0.368. The van der Waals surface area contributed by atoms with E-state index in [1.807, 2.05) is 30.3 Å². The second-order valence-electron chi connectivity index (χ2n) is 5.87. The van der Waals surface area contributed by atoms with E-state index < -0.39 is 5.60 Å². The van der Waals surface area contributed by atoms with Gasteiger partial charge in [-0.15, -0.1) is 11.6 Å². The third-order valence-electron chi connectivity index (χ3n) is 4.40. The molecule has 2 aromatic carbocycles. The van der Waals surface area contributed by atoms with Crippen LogP contribution < -0.4 is 0 Å². The Balaban J connectivity index is 1.87. The molecule has 0 unspecified atom stereocenters. The fourth-order valence-corrected chi connectivity index (χ4v) is 4.06. The second kappa shape index (κ2) is 7.87. The van der Waals surface area contributed by atoms with E-state index in [1.54, 1.807) is 19.2 Å². The standard InChI is InChI=1S/C19H20ClFO2S/c1-22-19(6-8-23-9-7-19)15-10-16(21)12-18(11-15)24-17-4-2-14(13-20)3-5-17/h2-5,10-12H,6-9,13H2,1H3. The number of methoxy groups -OCH3 is 1. The lowest BCUT2D eigenvalue weighted by Crippen LogP contribution is -2.35. The van der Waals surface area contributed by atoms with Crippen molar-refractivity contribution in [2.45, 2.75) is 34.1 Å². The Labute approximate surface area is 151 Å². The van der Waals surface area contributed by atoms with Crippen LogP contribution in [0.15, 0.2) is 52.3 Å². The highest BCUT2D eigenvalue weighted by Gasteiger charge is 2.35. The minimum Gasteiger partial charge on any atom is -0.381 e. The van der Waals surface area contributed by atoms with Crippen LogP contribution in [-0.2, 0) is 21.0 Å². The molecule has 128 valence electrons. The molecule has 2 nitrogen and oxygen atoms in total. The Bertz CT molecular complexity index is 684. The summed E-state index contributed by atoms with van der Waals surface area (Å²) in [4.78, 5) is 1.92. The Morgan fingerprint density at radius 1 is 1.12 bits per heavy atom. The maximum Gasteiger partial charge on any atom is 0.124 e. The lowest BCUT2D eigenvalue weighted by atomic mass is 9.86. The summed E-state index contributed by atoms with van der Waals surface area (Å²) in [5.41, 5.74) is 1.49. The molecule has 0 atom stereocenters. The number of rotatable bonds is 5. The molecule has 24 heavy (non-hydrogen) atoms. The number of alkyl halides is 1. The van der Waals surface area contributed by atoms with Crippen LogP contribution in [0.2, 0.25) is 0 Å². The SMILES string of the molecule is COC1(c2cc(F)cc(Sc3ccc(CCl)cc3)c2)CCOCC1. The lowest BCUT2D eigenvalue weighted by Gasteiger charge is -2.36. The summed E-state index contributed by atoms with van der Waals surface area (Å²) in [7, 11) is 1.69. The van der Waals surface area contributed by atoms with Crippen molar-refractivity contribution in [1.29, 1.82) is 0 Å². The summed E-state index contributed by atoms with van der Waals surface area (Å²) in [5, 5.41) is 0. The van der Waals surface area contributed by atoms with Gasteiger partial charge in [0.1, 0.15) is 5.82 Å². The summed E-state index contributed by atoms with van der Waals surface area (Å²) >= 11 is 7.36. The van der Waals surface area contributed by atoms with Gasteiger partial charge in [-0.2, -0.15) is 0 Å². The van der Waals surface area contributed by atoms with Crippen LogP contribution in [-0.4, -0.2) is 20.3 Å². The third-order valence-corrected chi connectivity index (χ3v) is 5.69. The van der Waals surface area contributed by atoms with Gasteiger partial charge in [0.2, 0.25) is 0 Å². The molecule has 3 rings (SSSR count). The monoisotopic (exact) mass is 366 g/mol. The predicted molar refractivity (Wildman–Crippen MR) is 95.3 cm³/mol. The van der Waals surface area contributed by atoms with Crippen molar-refractivity contribution in [3.63, 3.8) is 0 Å². The van der Waals surface area contributed by atoms with Crippen molar-refractivity contribution in [3.05, 3.63) is 59.4 Å². The lowest BCUT2D eigenvalue weighted by molar-refractivity contribution is -0.0950. The molecule has 1 fully saturated rings. The van der Waals surface area contributed by atoms with Gasteiger partial charge in [-0.1, -0.05) is 23.9 Å². The average Bonchev–Trinajstić information content (AvgIpc) is 2.62. The first-order valence-corrected chi connectivity index (χ1v) is 9.27. The summed E-state index contributed by atoms with van der Waals surface area (Å²) < 4.78 is 25.4. The van der Waals surface area contributed by atoms with Gasteiger partial charge >= 0.3 is 0 Å². The van der Waals surface area contributed by atoms with E-state index in [0.717, 1.165) is 33.8 Å². The molecule has 2 aromatic rings. The van der Waals surface area contributed by atoms with Crippen molar-refractivity contribution in [1.82, 2.24) is 0 Å². The van der Waals surface area contributed by atoms with Crippen LogP contribution >= 0.6 is 23.4 Å². The number of hydrogen-bond donors (Lipinski definition) is 0. The summed E-state index contributed by atoms with van der Waals surface area (Å²) in [6.07, 6.45) is 1.48. The van der Waals surface area contributed by atoms with Crippen LogP contribution in [0, 0.1) is 5.82 Å². The first kappa shape index (κ1) is 17.7. The molecule has 0 bridgehead atoms. The summed E-state index contributed by atoms with van der Waals surface area (Å²) in [6, 6.07) is 13.2. The largest absolute Gasteiger partial charge is 0.381 e. The quantitative estimate of drug-likeness (QED) is 0.663. The molecule has 1 saturated heterocycles. The molecule has 0 spiro atoms. The molecular formula is C19H20ClFO2S. The van der Waals surface area contributed by atoms with E-state index in [0.29, 0.717) is 19.1 Å². The Morgan fingerprint density at radius 2 is 1.83 bits per heavy atom. The highest BCUT2D eigenvalue weighted by molar-refractivity contribution is 7.99. The van der Waals surface area contributed by atoms with E-state index in [2.05, 4.69) is 0 Å². The Kier molecular flexibility index (Phi) is 5.82. The number of hydrogen-bond acceptors (Lipinski definition) is 3. The smallest absolute Gasteiger partial charge is 0.124 e. The molecule has 0 N–H and O–H groups in total. The van der Waals surface area contributed by atoms with Crippen molar-refractivity contribution in [2.24, 2.45) is 0 Å². The number of halogens is 2. The zero-order chi connectivity index (χ0) is 17.0. The molecule has 0 radical (unpaired) electrons. The molecule has 0 aliphatic carbocycles. The van der Waals surface area contributed by atoms with Gasteiger partial charge in [0.25, 0.3) is 0 Å². The highest BCUT2D eigenvalue weighted by Crippen LogP contribution is 2.38. The van der Waals surface area contributed by atoms with Gasteiger partial charge in [-0.25, -0.2) is 4.39 Å². The van der Waals surface area contributed by atoms with E-state index in [9.17, 15) is 4.39 Å². The second-order valence-corrected chi connectivity index (χ2v) is 7.28. The van der Waals surface area contributed by atoms with Crippen LogP contribution in [0.5, 0.6) is 0 Å². The highest BCUT2D eigenvalue weighted by atomic mass is 35.5. The molecule has 1 heterocycles. The topological polar surface area (TPSA) is 18.5 Å². The molecule has 0 aromatic heterocycles. The average molecular weight is 367 g/mol. The molecule has 5 heteroatoms. The van der Waals surface area contributed by atoms with E-state index in [-0.39, 0.29) is 5.82 Å². The first-order valence-electron chi connectivity index (χ1n) is 7.92. The first-order chi connectivity index (χ1) is 11.6. The molecule has 0 amide bonds. The van der Waals surface area contributed by atoms with E-state index in [1.165, 1.54) is 11.8 Å². The maximum absolute atomic E-state index is 14.2. The number of benzene rings is 2. The Hall–Kier alpha value is -1.07. The minimum atomic E-state index is -0.460. The van der Waals surface area contributed by atoms with E-state index in [4.69, 9.17) is 21.1 Å². The van der Waals surface area contributed by atoms with Gasteiger partial charge in [0, 0.05) is 48.8 Å². The summed E-state index contributed by atoms with van der Waals surface area (Å²) in [6.45, 7) is 1.26. The normalized spacial score (nSPS) is 17.0. The number of ether oxygens (including phenoxy) is 2. The van der Waals surface area contributed by atoms with Gasteiger partial charge in [0.15, 0.2) is 0 Å². The minimum absolute atomic E-state index is 0.240. The van der Waals surface area contributed by atoms with Gasteiger partial charge < -0.3 is 9.47 Å². The predicted octanol–water partition coefficient (Wildman–Crippen LogP) is 5.37. The van der Waals surface area contributed by atoms with Crippen molar-refractivity contribution in [3.8, 4) is 0 Å². The zero-order valence-corrected chi connectivity index (χ0v) is 15.1. The van der Waals surface area contributed by atoms with Gasteiger partial charge in [0.05, 0.1) is 5.60 Å². The molecule has 1 aliphatic heterocycles. The van der Waals surface area contributed by atoms with Crippen molar-refractivity contribution < 1.29 is 13.9 Å². The van der Waals surface area contributed by atoms with E-state index >= 15 is 0 Å². The van der Waals surface area contributed by atoms with Gasteiger partial charge in [-0.3, -0.25) is 0 Å². The van der Waals surface area contributed by atoms with Crippen LogP contribution in [0.3, 0.4) is 0 Å². The van der Waals surface area contributed by atoms with Crippen molar-refractivity contribution >= 4 is 23.4 Å². The molecule has 0 saturated carbocycles. The zero-order valence-electron chi connectivity index (χ0n) is 13.6. The summed E-state index contributed by atoms with van der Waals surface area (Å²) in [5.74, 6) is 0.253. The van der Waals surface area contributed by atoms with Crippen LogP contribution in [0.25, 0.3) is 0 Å². The van der Waals surface area contributed by atoms with Crippen molar-refractivity contribution in [2.75, 3.05) is 20.3 Å². The van der Waals surface area contributed by atoms with Crippen LogP contribution in [0.4, 0.5) is 4.39 Å².